The van der Waals surface area contributed by atoms with E-state index in [4.69, 9.17) is 0 Å². The molecule has 126 valence electrons. The Balaban J connectivity index is 1.78. The Bertz CT molecular complexity index is 1080. The lowest BCUT2D eigenvalue weighted by molar-refractivity contribution is -0.115. The van der Waals surface area contributed by atoms with Gasteiger partial charge in [-0.3, -0.25) is 4.79 Å². The average molecular weight is 361 g/mol. The molecule has 0 unspecified atom stereocenters. The number of nitrogens with one attached hydrogen (secondary N) is 1. The third-order valence-electron chi connectivity index (χ3n) is 4.08. The monoisotopic (exact) mass is 361 g/mol. The number of fused-ring (bicyclic) bond motifs is 1. The van der Waals surface area contributed by atoms with Gasteiger partial charge in [-0.25, -0.2) is 9.38 Å². The summed E-state index contributed by atoms with van der Waals surface area (Å²) in [5, 5.41) is 13.9. The van der Waals surface area contributed by atoms with Gasteiger partial charge in [0, 0.05) is 0 Å². The Morgan fingerprint density at radius 3 is 2.65 bits per heavy atom. The van der Waals surface area contributed by atoms with Crippen LogP contribution in [0.15, 0.2) is 58.9 Å². The molecule has 4 nitrogen and oxygen atoms in total. The van der Waals surface area contributed by atoms with E-state index >= 15 is 0 Å². The molecule has 1 amide bonds. The van der Waals surface area contributed by atoms with E-state index in [0.29, 0.717) is 22.6 Å². The second-order valence-corrected chi connectivity index (χ2v) is 6.71. The van der Waals surface area contributed by atoms with Crippen molar-refractivity contribution in [2.75, 3.05) is 5.32 Å². The highest BCUT2D eigenvalue weighted by Crippen LogP contribution is 2.34. The van der Waals surface area contributed by atoms with Crippen LogP contribution in [0.5, 0.6) is 0 Å². The first-order chi connectivity index (χ1) is 12.6. The van der Waals surface area contributed by atoms with Crippen LogP contribution >= 0.6 is 11.3 Å². The van der Waals surface area contributed by atoms with E-state index in [2.05, 4.69) is 16.4 Å². The number of benzene rings is 2. The normalized spacial score (nSPS) is 13.2. The standard InChI is InChI=1S/C20H12FN3OS/c21-15-4-1-12(2-5-15)13-3-6-16-17(9-13)24-19(25)10-18(23-16)20-14(11-22)7-8-26-20/h1-9H,10H2,(H,24,25). The van der Waals surface area contributed by atoms with E-state index in [9.17, 15) is 14.4 Å². The number of amides is 1. The second kappa shape index (κ2) is 6.54. The molecule has 0 fully saturated rings. The van der Waals surface area contributed by atoms with Gasteiger partial charge in [0.25, 0.3) is 0 Å². The fraction of sp³-hybridized carbons (Fsp3) is 0.0500. The van der Waals surface area contributed by atoms with Crippen LogP contribution in [0.1, 0.15) is 16.9 Å². The zero-order valence-electron chi connectivity index (χ0n) is 13.5. The van der Waals surface area contributed by atoms with Crippen LogP contribution in [0.25, 0.3) is 11.1 Å². The minimum Gasteiger partial charge on any atom is -0.324 e. The van der Waals surface area contributed by atoms with Crippen LogP contribution in [-0.2, 0) is 4.79 Å². The molecule has 4 rings (SSSR count). The van der Waals surface area contributed by atoms with Crippen LogP contribution in [0, 0.1) is 17.1 Å². The van der Waals surface area contributed by atoms with Gasteiger partial charge in [0.2, 0.25) is 5.91 Å². The Morgan fingerprint density at radius 2 is 1.88 bits per heavy atom. The van der Waals surface area contributed by atoms with E-state index in [1.165, 1.54) is 23.5 Å². The molecule has 1 N–H and O–H groups in total. The van der Waals surface area contributed by atoms with Crippen molar-refractivity contribution in [1.29, 1.82) is 5.26 Å². The van der Waals surface area contributed by atoms with Crippen molar-refractivity contribution < 1.29 is 9.18 Å². The molecule has 0 aliphatic carbocycles. The number of hydrogen-bond donors (Lipinski definition) is 1. The number of anilines is 1. The van der Waals surface area contributed by atoms with E-state index in [1.807, 2.05) is 23.6 Å². The molecule has 0 saturated heterocycles. The van der Waals surface area contributed by atoms with Crippen molar-refractivity contribution in [2.45, 2.75) is 6.42 Å². The predicted octanol–water partition coefficient (Wildman–Crippen LogP) is 4.89. The van der Waals surface area contributed by atoms with Gasteiger partial charge < -0.3 is 5.32 Å². The number of halogens is 1. The third-order valence-corrected chi connectivity index (χ3v) is 5.04. The van der Waals surface area contributed by atoms with Crippen LogP contribution in [-0.4, -0.2) is 11.6 Å². The first kappa shape index (κ1) is 16.2. The van der Waals surface area contributed by atoms with Gasteiger partial charge >= 0.3 is 0 Å². The summed E-state index contributed by atoms with van der Waals surface area (Å²) in [6.45, 7) is 0. The lowest BCUT2D eigenvalue weighted by atomic mass is 10.0. The summed E-state index contributed by atoms with van der Waals surface area (Å²) in [7, 11) is 0. The van der Waals surface area contributed by atoms with Crippen LogP contribution in [0.3, 0.4) is 0 Å². The van der Waals surface area contributed by atoms with Crippen molar-refractivity contribution in [3.05, 3.63) is 70.2 Å². The topological polar surface area (TPSA) is 65.2 Å². The summed E-state index contributed by atoms with van der Waals surface area (Å²) in [4.78, 5) is 17.7. The van der Waals surface area contributed by atoms with Crippen molar-refractivity contribution in [1.82, 2.24) is 0 Å². The summed E-state index contributed by atoms with van der Waals surface area (Å²) in [6, 6.07) is 15.6. The number of hydrogen-bond acceptors (Lipinski definition) is 4. The molecule has 1 aliphatic heterocycles. The SMILES string of the molecule is N#Cc1ccsc1C1=Nc2ccc(-c3ccc(F)cc3)cc2NC(=O)C1. The predicted molar refractivity (Wildman–Crippen MR) is 100 cm³/mol. The second-order valence-electron chi connectivity index (χ2n) is 5.80. The number of nitriles is 1. The summed E-state index contributed by atoms with van der Waals surface area (Å²) < 4.78 is 13.1. The maximum absolute atomic E-state index is 13.1. The lowest BCUT2D eigenvalue weighted by Gasteiger charge is -2.08. The summed E-state index contributed by atoms with van der Waals surface area (Å²) in [5.74, 6) is -0.480. The molecule has 1 aromatic heterocycles. The zero-order chi connectivity index (χ0) is 18.1. The maximum Gasteiger partial charge on any atom is 0.230 e. The molecule has 6 heteroatoms. The molecular formula is C20H12FN3OS. The van der Waals surface area contributed by atoms with Crippen LogP contribution in [0.2, 0.25) is 0 Å². The average Bonchev–Trinajstić information content (AvgIpc) is 3.05. The highest BCUT2D eigenvalue weighted by atomic mass is 32.1. The first-order valence-corrected chi connectivity index (χ1v) is 8.77. The van der Waals surface area contributed by atoms with Crippen LogP contribution < -0.4 is 5.32 Å². The van der Waals surface area contributed by atoms with Gasteiger partial charge in [-0.2, -0.15) is 5.26 Å². The van der Waals surface area contributed by atoms with Crippen molar-refractivity contribution in [3.63, 3.8) is 0 Å². The number of carbonyl (C=O) groups is 1. The molecule has 0 saturated carbocycles. The van der Waals surface area contributed by atoms with Crippen molar-refractivity contribution >= 4 is 34.3 Å². The zero-order valence-corrected chi connectivity index (χ0v) is 14.3. The smallest absolute Gasteiger partial charge is 0.230 e. The molecule has 26 heavy (non-hydrogen) atoms. The highest BCUT2D eigenvalue weighted by molar-refractivity contribution is 7.12. The molecule has 2 heterocycles. The number of carbonyl (C=O) groups excluding carboxylic acids is 1. The summed E-state index contributed by atoms with van der Waals surface area (Å²) in [5.41, 5.74) is 4.05. The van der Waals surface area contributed by atoms with Crippen molar-refractivity contribution in [3.8, 4) is 17.2 Å². The molecular weight excluding hydrogens is 349 g/mol. The highest BCUT2D eigenvalue weighted by Gasteiger charge is 2.20. The summed E-state index contributed by atoms with van der Waals surface area (Å²) in [6.07, 6.45) is 0.107. The molecule has 0 atom stereocenters. The summed E-state index contributed by atoms with van der Waals surface area (Å²) >= 11 is 1.40. The number of aliphatic imine (C=N–C) groups is 1. The number of thiophene rings is 1. The van der Waals surface area contributed by atoms with E-state index < -0.39 is 0 Å². The van der Waals surface area contributed by atoms with E-state index in [-0.39, 0.29) is 18.1 Å². The Kier molecular flexibility index (Phi) is 4.07. The Morgan fingerprint density at radius 1 is 1.12 bits per heavy atom. The third kappa shape index (κ3) is 3.01. The molecule has 0 bridgehead atoms. The van der Waals surface area contributed by atoms with Crippen LogP contribution in [0.4, 0.5) is 15.8 Å². The fourth-order valence-corrected chi connectivity index (χ4v) is 3.67. The largest absolute Gasteiger partial charge is 0.324 e. The van der Waals surface area contributed by atoms with Gasteiger partial charge in [0.05, 0.1) is 33.9 Å². The molecule has 0 spiro atoms. The minimum atomic E-state index is -0.296. The van der Waals surface area contributed by atoms with Crippen molar-refractivity contribution in [2.24, 2.45) is 4.99 Å². The Hall–Kier alpha value is -3.30. The fourth-order valence-electron chi connectivity index (χ4n) is 2.84. The molecule has 3 aromatic rings. The molecule has 0 radical (unpaired) electrons. The van der Waals surface area contributed by atoms with E-state index in [0.717, 1.165) is 16.0 Å². The first-order valence-electron chi connectivity index (χ1n) is 7.89. The number of nitrogens with zero attached hydrogens (tertiary/aromatic N) is 2. The number of rotatable bonds is 2. The van der Waals surface area contributed by atoms with Gasteiger partial charge in [-0.15, -0.1) is 11.3 Å². The quantitative estimate of drug-likeness (QED) is 0.706. The van der Waals surface area contributed by atoms with E-state index in [1.54, 1.807) is 18.2 Å². The van der Waals surface area contributed by atoms with Gasteiger partial charge in [0.1, 0.15) is 11.9 Å². The van der Waals surface area contributed by atoms with Gasteiger partial charge in [-0.05, 0) is 46.8 Å². The Labute approximate surface area is 153 Å². The lowest BCUT2D eigenvalue weighted by Crippen LogP contribution is -2.14. The minimum absolute atomic E-state index is 0.107. The maximum atomic E-state index is 13.1. The molecule has 1 aliphatic rings. The van der Waals surface area contributed by atoms with Gasteiger partial charge in [0.15, 0.2) is 0 Å². The van der Waals surface area contributed by atoms with Gasteiger partial charge in [-0.1, -0.05) is 18.2 Å². The molecule has 2 aromatic carbocycles.